The second-order valence-electron chi connectivity index (χ2n) is 4.84. The zero-order valence-corrected chi connectivity index (χ0v) is 11.7. The van der Waals surface area contributed by atoms with Gasteiger partial charge in [-0.15, -0.1) is 0 Å². The van der Waals surface area contributed by atoms with Gasteiger partial charge in [-0.05, 0) is 42.7 Å². The van der Waals surface area contributed by atoms with Gasteiger partial charge in [0.25, 0.3) is 0 Å². The number of rotatable bonds is 2. The molecule has 0 radical (unpaired) electrons. The highest BCUT2D eigenvalue weighted by molar-refractivity contribution is 5.91. The van der Waals surface area contributed by atoms with E-state index in [1.54, 1.807) is 18.0 Å². The summed E-state index contributed by atoms with van der Waals surface area (Å²) >= 11 is 0. The smallest absolute Gasteiger partial charge is 0.414 e. The van der Waals surface area contributed by atoms with E-state index in [1.165, 1.54) is 12.3 Å². The van der Waals surface area contributed by atoms with Gasteiger partial charge in [0.15, 0.2) is 0 Å². The second-order valence-corrected chi connectivity index (χ2v) is 4.84. The highest BCUT2D eigenvalue weighted by Crippen LogP contribution is 2.32. The van der Waals surface area contributed by atoms with Crippen LogP contribution in [0.15, 0.2) is 36.7 Å². The molecule has 4 nitrogen and oxygen atoms in total. The third kappa shape index (κ3) is 2.59. The van der Waals surface area contributed by atoms with Crippen molar-refractivity contribution in [2.45, 2.75) is 13.3 Å². The van der Waals surface area contributed by atoms with Crippen LogP contribution in [0.5, 0.6) is 0 Å². The molecule has 0 atom stereocenters. The maximum absolute atomic E-state index is 13.2. The van der Waals surface area contributed by atoms with Gasteiger partial charge in [-0.3, -0.25) is 9.88 Å². The number of aromatic nitrogens is 1. The van der Waals surface area contributed by atoms with Gasteiger partial charge in [-0.25, -0.2) is 9.18 Å². The molecule has 1 aliphatic rings. The Morgan fingerprint density at radius 2 is 2.19 bits per heavy atom. The molecule has 2 heterocycles. The van der Waals surface area contributed by atoms with E-state index in [2.05, 4.69) is 4.98 Å². The molecule has 0 aliphatic carbocycles. The number of hydrogen-bond donors (Lipinski definition) is 0. The lowest BCUT2D eigenvalue weighted by Gasteiger charge is -2.16. The maximum Gasteiger partial charge on any atom is 0.414 e. The van der Waals surface area contributed by atoms with Crippen molar-refractivity contribution in [1.82, 2.24) is 4.98 Å². The highest BCUT2D eigenvalue weighted by Gasteiger charge is 2.25. The van der Waals surface area contributed by atoms with E-state index >= 15 is 0 Å². The second kappa shape index (κ2) is 5.52. The number of fused-ring (bicyclic) bond motifs is 1. The van der Waals surface area contributed by atoms with Gasteiger partial charge in [0, 0.05) is 18.3 Å². The number of carbonyl (C=O) groups is 1. The fourth-order valence-corrected chi connectivity index (χ4v) is 2.54. The van der Waals surface area contributed by atoms with Gasteiger partial charge in [0.05, 0.1) is 18.5 Å². The summed E-state index contributed by atoms with van der Waals surface area (Å²) in [6.45, 7) is 2.76. The van der Waals surface area contributed by atoms with Crippen molar-refractivity contribution < 1.29 is 13.9 Å². The van der Waals surface area contributed by atoms with Crippen molar-refractivity contribution >= 4 is 11.8 Å². The lowest BCUT2D eigenvalue weighted by atomic mass is 10.0. The number of benzene rings is 1. The summed E-state index contributed by atoms with van der Waals surface area (Å²) in [5, 5.41) is 0. The SMILES string of the molecule is CCOC(=O)N1CCc2cc(-c3cncc(F)c3)ccc21. The van der Waals surface area contributed by atoms with Gasteiger partial charge in [-0.1, -0.05) is 6.07 Å². The summed E-state index contributed by atoms with van der Waals surface area (Å²) in [7, 11) is 0. The summed E-state index contributed by atoms with van der Waals surface area (Å²) in [5.41, 5.74) is 3.55. The number of anilines is 1. The van der Waals surface area contributed by atoms with Crippen molar-refractivity contribution in [2.24, 2.45) is 0 Å². The molecular weight excluding hydrogens is 271 g/mol. The summed E-state index contributed by atoms with van der Waals surface area (Å²) in [4.78, 5) is 17.3. The Balaban J connectivity index is 1.92. The quantitative estimate of drug-likeness (QED) is 0.849. The summed E-state index contributed by atoms with van der Waals surface area (Å²) in [5.74, 6) is -0.360. The number of halogens is 1. The summed E-state index contributed by atoms with van der Waals surface area (Å²) < 4.78 is 18.3. The molecular formula is C16H15FN2O2. The minimum atomic E-state index is -0.360. The molecule has 0 bridgehead atoms. The van der Waals surface area contributed by atoms with E-state index in [0.29, 0.717) is 13.2 Å². The van der Waals surface area contributed by atoms with Crippen LogP contribution in [0.4, 0.5) is 14.9 Å². The van der Waals surface area contributed by atoms with Gasteiger partial charge in [0.1, 0.15) is 5.82 Å². The fraction of sp³-hybridized carbons (Fsp3) is 0.250. The first-order chi connectivity index (χ1) is 10.2. The molecule has 0 unspecified atom stereocenters. The van der Waals surface area contributed by atoms with E-state index in [-0.39, 0.29) is 11.9 Å². The third-order valence-electron chi connectivity index (χ3n) is 3.50. The van der Waals surface area contributed by atoms with Crippen LogP contribution in [0.25, 0.3) is 11.1 Å². The monoisotopic (exact) mass is 286 g/mol. The van der Waals surface area contributed by atoms with Crippen LogP contribution in [-0.2, 0) is 11.2 Å². The molecule has 0 fully saturated rings. The fourth-order valence-electron chi connectivity index (χ4n) is 2.54. The maximum atomic E-state index is 13.2. The van der Waals surface area contributed by atoms with Crippen LogP contribution in [0, 0.1) is 5.82 Å². The molecule has 0 saturated heterocycles. The van der Waals surface area contributed by atoms with E-state index in [9.17, 15) is 9.18 Å². The van der Waals surface area contributed by atoms with Crippen molar-refractivity contribution in [1.29, 1.82) is 0 Å². The zero-order valence-electron chi connectivity index (χ0n) is 11.7. The van der Waals surface area contributed by atoms with Crippen LogP contribution >= 0.6 is 0 Å². The first kappa shape index (κ1) is 13.5. The molecule has 21 heavy (non-hydrogen) atoms. The average molecular weight is 286 g/mol. The zero-order chi connectivity index (χ0) is 14.8. The first-order valence-corrected chi connectivity index (χ1v) is 6.87. The number of pyridine rings is 1. The number of ether oxygens (including phenoxy) is 1. The van der Waals surface area contributed by atoms with Crippen molar-refractivity contribution in [3.05, 3.63) is 48.0 Å². The molecule has 2 aromatic rings. The Bertz CT molecular complexity index is 688. The molecule has 0 spiro atoms. The predicted molar refractivity (Wildman–Crippen MR) is 77.7 cm³/mol. The van der Waals surface area contributed by atoms with E-state index in [4.69, 9.17) is 4.74 Å². The molecule has 3 rings (SSSR count). The third-order valence-corrected chi connectivity index (χ3v) is 3.50. The minimum absolute atomic E-state index is 0.323. The van der Waals surface area contributed by atoms with E-state index in [1.807, 2.05) is 18.2 Å². The van der Waals surface area contributed by atoms with Crippen molar-refractivity contribution in [3.63, 3.8) is 0 Å². The van der Waals surface area contributed by atoms with Gasteiger partial charge in [-0.2, -0.15) is 0 Å². The molecule has 1 aliphatic heterocycles. The van der Waals surface area contributed by atoms with Gasteiger partial charge >= 0.3 is 6.09 Å². The summed E-state index contributed by atoms with van der Waals surface area (Å²) in [6, 6.07) is 7.17. The number of amides is 1. The lowest BCUT2D eigenvalue weighted by Crippen LogP contribution is -2.29. The van der Waals surface area contributed by atoms with Gasteiger partial charge < -0.3 is 4.74 Å². The topological polar surface area (TPSA) is 42.4 Å². The molecule has 1 amide bonds. The van der Waals surface area contributed by atoms with Crippen LogP contribution in [-0.4, -0.2) is 24.2 Å². The molecule has 108 valence electrons. The highest BCUT2D eigenvalue weighted by atomic mass is 19.1. The standard InChI is InChI=1S/C16H15FN2O2/c1-2-21-16(20)19-6-5-12-7-11(3-4-15(12)19)13-8-14(17)10-18-9-13/h3-4,7-10H,2,5-6H2,1H3. The normalized spacial score (nSPS) is 13.1. The van der Waals surface area contributed by atoms with Crippen LogP contribution in [0.2, 0.25) is 0 Å². The Kier molecular flexibility index (Phi) is 3.56. The van der Waals surface area contributed by atoms with Gasteiger partial charge in [0.2, 0.25) is 0 Å². The van der Waals surface area contributed by atoms with E-state index < -0.39 is 0 Å². The molecule has 0 N–H and O–H groups in total. The summed E-state index contributed by atoms with van der Waals surface area (Å²) in [6.07, 6.45) is 3.25. The largest absolute Gasteiger partial charge is 0.449 e. The molecule has 0 saturated carbocycles. The minimum Gasteiger partial charge on any atom is -0.449 e. The number of nitrogens with zero attached hydrogens (tertiary/aromatic N) is 2. The Labute approximate surface area is 122 Å². The number of carbonyl (C=O) groups excluding carboxylic acids is 1. The molecule has 1 aromatic heterocycles. The Morgan fingerprint density at radius 3 is 2.95 bits per heavy atom. The van der Waals surface area contributed by atoms with Crippen LogP contribution in [0.3, 0.4) is 0 Å². The first-order valence-electron chi connectivity index (χ1n) is 6.87. The molecule has 1 aromatic carbocycles. The van der Waals surface area contributed by atoms with Crippen LogP contribution in [0.1, 0.15) is 12.5 Å². The average Bonchev–Trinajstić information content (AvgIpc) is 2.90. The lowest BCUT2D eigenvalue weighted by molar-refractivity contribution is 0.160. The van der Waals surface area contributed by atoms with Crippen molar-refractivity contribution in [2.75, 3.05) is 18.1 Å². The van der Waals surface area contributed by atoms with Crippen LogP contribution < -0.4 is 4.90 Å². The predicted octanol–water partition coefficient (Wildman–Crippen LogP) is 3.41. The van der Waals surface area contributed by atoms with E-state index in [0.717, 1.165) is 28.8 Å². The number of hydrogen-bond acceptors (Lipinski definition) is 3. The molecule has 5 heteroatoms. The van der Waals surface area contributed by atoms with Crippen molar-refractivity contribution in [3.8, 4) is 11.1 Å². The Morgan fingerprint density at radius 1 is 1.33 bits per heavy atom. The Hall–Kier alpha value is -2.43.